The number of hydrogen-bond donors (Lipinski definition) is 2. The van der Waals surface area contributed by atoms with Crippen molar-refractivity contribution in [2.24, 2.45) is 0 Å². The molecule has 0 bridgehead atoms. The predicted molar refractivity (Wildman–Crippen MR) is 116 cm³/mol. The standard InChI is InChI=1S/C22H22N2O5S/c1-15-8-10-17(11-9-15)29-21-7-5-4-6-20(21)24-30(26,27)18-12-13-19(23-16(2)25)22(14-18)28-3/h4-14,24H,1-3H3,(H,23,25). The van der Waals surface area contributed by atoms with Crippen LogP contribution in [0.4, 0.5) is 11.4 Å². The Morgan fingerprint density at radius 2 is 1.60 bits per heavy atom. The fourth-order valence-electron chi connectivity index (χ4n) is 2.71. The molecule has 0 aromatic heterocycles. The van der Waals surface area contributed by atoms with E-state index < -0.39 is 10.0 Å². The van der Waals surface area contributed by atoms with Gasteiger partial charge in [-0.3, -0.25) is 9.52 Å². The minimum atomic E-state index is -3.94. The number of methoxy groups -OCH3 is 1. The molecule has 3 aromatic rings. The Morgan fingerprint density at radius 3 is 2.27 bits per heavy atom. The topological polar surface area (TPSA) is 93.7 Å². The number of benzene rings is 3. The summed E-state index contributed by atoms with van der Waals surface area (Å²) in [5.41, 5.74) is 1.77. The van der Waals surface area contributed by atoms with Crippen molar-refractivity contribution in [3.05, 3.63) is 72.3 Å². The summed E-state index contributed by atoms with van der Waals surface area (Å²) in [6.45, 7) is 3.33. The van der Waals surface area contributed by atoms with Crippen molar-refractivity contribution < 1.29 is 22.7 Å². The molecule has 2 N–H and O–H groups in total. The molecule has 0 aliphatic heterocycles. The molecule has 0 saturated heterocycles. The number of nitrogens with one attached hydrogen (secondary N) is 2. The Hall–Kier alpha value is -3.52. The lowest BCUT2D eigenvalue weighted by atomic mass is 10.2. The first-order valence-electron chi connectivity index (χ1n) is 9.10. The van der Waals surface area contributed by atoms with Gasteiger partial charge in [0.15, 0.2) is 5.75 Å². The summed E-state index contributed by atoms with van der Waals surface area (Å²) >= 11 is 0. The summed E-state index contributed by atoms with van der Waals surface area (Å²) < 4.78 is 39.5. The zero-order chi connectivity index (χ0) is 21.7. The van der Waals surface area contributed by atoms with Crippen molar-refractivity contribution in [3.8, 4) is 17.2 Å². The molecule has 0 fully saturated rings. The van der Waals surface area contributed by atoms with Gasteiger partial charge in [0.1, 0.15) is 11.5 Å². The van der Waals surface area contributed by atoms with Gasteiger partial charge in [-0.15, -0.1) is 0 Å². The van der Waals surface area contributed by atoms with Gasteiger partial charge in [0.2, 0.25) is 5.91 Å². The summed E-state index contributed by atoms with van der Waals surface area (Å²) in [6.07, 6.45) is 0. The second-order valence-electron chi connectivity index (χ2n) is 6.56. The Morgan fingerprint density at radius 1 is 0.900 bits per heavy atom. The molecule has 3 aromatic carbocycles. The van der Waals surface area contributed by atoms with E-state index in [-0.39, 0.29) is 16.6 Å². The Kier molecular flexibility index (Phi) is 6.27. The third-order valence-electron chi connectivity index (χ3n) is 4.17. The average molecular weight is 426 g/mol. The predicted octanol–water partition coefficient (Wildman–Crippen LogP) is 4.56. The van der Waals surface area contributed by atoms with Crippen LogP contribution >= 0.6 is 0 Å². The van der Waals surface area contributed by atoms with E-state index in [0.29, 0.717) is 22.9 Å². The summed E-state index contributed by atoms with van der Waals surface area (Å²) in [4.78, 5) is 11.3. The molecule has 0 spiro atoms. The van der Waals surface area contributed by atoms with E-state index in [2.05, 4.69) is 10.0 Å². The lowest BCUT2D eigenvalue weighted by Gasteiger charge is -2.15. The van der Waals surface area contributed by atoms with Crippen molar-refractivity contribution in [2.75, 3.05) is 17.1 Å². The molecule has 0 unspecified atom stereocenters. The molecule has 0 aliphatic carbocycles. The van der Waals surface area contributed by atoms with E-state index in [1.54, 1.807) is 24.3 Å². The molecule has 3 rings (SSSR count). The van der Waals surface area contributed by atoms with Gasteiger partial charge in [-0.2, -0.15) is 0 Å². The summed E-state index contributed by atoms with van der Waals surface area (Å²) in [5.74, 6) is 0.904. The number of carbonyl (C=O) groups excluding carboxylic acids is 1. The molecule has 0 radical (unpaired) electrons. The number of ether oxygens (including phenoxy) is 2. The van der Waals surface area contributed by atoms with Gasteiger partial charge >= 0.3 is 0 Å². The van der Waals surface area contributed by atoms with Crippen LogP contribution in [0.1, 0.15) is 12.5 Å². The number of aryl methyl sites for hydroxylation is 1. The fraction of sp³-hybridized carbons (Fsp3) is 0.136. The van der Waals surface area contributed by atoms with Crippen molar-refractivity contribution in [2.45, 2.75) is 18.7 Å². The first-order chi connectivity index (χ1) is 14.3. The molecule has 1 amide bonds. The van der Waals surface area contributed by atoms with Crippen molar-refractivity contribution >= 4 is 27.3 Å². The van der Waals surface area contributed by atoms with Gasteiger partial charge in [-0.1, -0.05) is 29.8 Å². The molecule has 7 nitrogen and oxygen atoms in total. The van der Waals surface area contributed by atoms with Crippen LogP contribution in [0.25, 0.3) is 0 Å². The van der Waals surface area contributed by atoms with Crippen LogP contribution in [-0.4, -0.2) is 21.4 Å². The van der Waals surface area contributed by atoms with E-state index in [1.165, 1.54) is 32.2 Å². The molecular weight excluding hydrogens is 404 g/mol. The number of amides is 1. The molecule has 8 heteroatoms. The minimum absolute atomic E-state index is 0.0152. The highest BCUT2D eigenvalue weighted by molar-refractivity contribution is 7.92. The second-order valence-corrected chi connectivity index (χ2v) is 8.24. The minimum Gasteiger partial charge on any atom is -0.495 e. The number of anilines is 2. The van der Waals surface area contributed by atoms with E-state index in [4.69, 9.17) is 9.47 Å². The maximum absolute atomic E-state index is 12.9. The van der Waals surface area contributed by atoms with Crippen LogP contribution in [0, 0.1) is 6.92 Å². The van der Waals surface area contributed by atoms with Gasteiger partial charge in [0, 0.05) is 13.0 Å². The maximum atomic E-state index is 12.9. The highest BCUT2D eigenvalue weighted by Crippen LogP contribution is 2.33. The smallest absolute Gasteiger partial charge is 0.262 e. The average Bonchev–Trinajstić information content (AvgIpc) is 2.70. The SMILES string of the molecule is COc1cc(S(=O)(=O)Nc2ccccc2Oc2ccc(C)cc2)ccc1NC(C)=O. The molecule has 156 valence electrons. The van der Waals surface area contributed by atoms with Crippen molar-refractivity contribution in [1.29, 1.82) is 0 Å². The number of hydrogen-bond acceptors (Lipinski definition) is 5. The van der Waals surface area contributed by atoms with Crippen LogP contribution in [0.5, 0.6) is 17.2 Å². The zero-order valence-corrected chi connectivity index (χ0v) is 17.6. The summed E-state index contributed by atoms with van der Waals surface area (Å²) in [5, 5.41) is 2.59. The normalized spacial score (nSPS) is 10.9. The lowest BCUT2D eigenvalue weighted by Crippen LogP contribution is -2.14. The van der Waals surface area contributed by atoms with Gasteiger partial charge in [0.05, 0.1) is 23.4 Å². The fourth-order valence-corrected chi connectivity index (χ4v) is 3.79. The third-order valence-corrected chi connectivity index (χ3v) is 5.54. The van der Waals surface area contributed by atoms with Gasteiger partial charge < -0.3 is 14.8 Å². The van der Waals surface area contributed by atoms with Crippen LogP contribution in [0.15, 0.2) is 71.6 Å². The first kappa shape index (κ1) is 21.2. The van der Waals surface area contributed by atoms with E-state index in [9.17, 15) is 13.2 Å². The number of rotatable bonds is 7. The molecule has 0 aliphatic rings. The van der Waals surface area contributed by atoms with Crippen molar-refractivity contribution in [1.82, 2.24) is 0 Å². The zero-order valence-electron chi connectivity index (χ0n) is 16.8. The van der Waals surface area contributed by atoms with E-state index in [1.807, 2.05) is 31.2 Å². The van der Waals surface area contributed by atoms with Gasteiger partial charge in [-0.25, -0.2) is 8.42 Å². The quantitative estimate of drug-likeness (QED) is 0.578. The van der Waals surface area contributed by atoms with Gasteiger partial charge in [0.25, 0.3) is 10.0 Å². The van der Waals surface area contributed by atoms with Gasteiger partial charge in [-0.05, 0) is 43.3 Å². The maximum Gasteiger partial charge on any atom is 0.262 e. The number of para-hydroxylation sites is 2. The monoisotopic (exact) mass is 426 g/mol. The van der Waals surface area contributed by atoms with Crippen LogP contribution in [-0.2, 0) is 14.8 Å². The van der Waals surface area contributed by atoms with E-state index in [0.717, 1.165) is 5.56 Å². The molecular formula is C22H22N2O5S. The summed E-state index contributed by atoms with van der Waals surface area (Å²) in [6, 6.07) is 18.4. The van der Waals surface area contributed by atoms with Crippen LogP contribution < -0.4 is 19.5 Å². The van der Waals surface area contributed by atoms with Crippen LogP contribution in [0.3, 0.4) is 0 Å². The van der Waals surface area contributed by atoms with Crippen molar-refractivity contribution in [3.63, 3.8) is 0 Å². The number of carbonyl (C=O) groups is 1. The van der Waals surface area contributed by atoms with Crippen LogP contribution in [0.2, 0.25) is 0 Å². The van der Waals surface area contributed by atoms with E-state index >= 15 is 0 Å². The lowest BCUT2D eigenvalue weighted by molar-refractivity contribution is -0.114. The highest BCUT2D eigenvalue weighted by atomic mass is 32.2. The Balaban J connectivity index is 1.88. The molecule has 0 atom stereocenters. The Labute approximate surface area is 175 Å². The summed E-state index contributed by atoms with van der Waals surface area (Å²) in [7, 11) is -2.54. The first-order valence-corrected chi connectivity index (χ1v) is 10.6. The molecule has 0 heterocycles. The Bertz CT molecular complexity index is 1160. The molecule has 30 heavy (non-hydrogen) atoms. The number of sulfonamides is 1. The third kappa shape index (κ3) is 5.09. The highest BCUT2D eigenvalue weighted by Gasteiger charge is 2.19. The second kappa shape index (κ2) is 8.87. The molecule has 0 saturated carbocycles. The largest absolute Gasteiger partial charge is 0.495 e.